The summed E-state index contributed by atoms with van der Waals surface area (Å²) in [4.78, 5) is 0. The summed E-state index contributed by atoms with van der Waals surface area (Å²) in [5, 5.41) is 18.5. The van der Waals surface area contributed by atoms with Crippen LogP contribution in [0.2, 0.25) is 0 Å². The van der Waals surface area contributed by atoms with E-state index in [1.165, 1.54) is 0 Å². The van der Waals surface area contributed by atoms with Crippen molar-refractivity contribution in [2.75, 3.05) is 33.5 Å². The van der Waals surface area contributed by atoms with Gasteiger partial charge in [0.25, 0.3) is 0 Å². The maximum atomic E-state index is 9.60. The third kappa shape index (κ3) is 5.15. The van der Waals surface area contributed by atoms with Crippen LogP contribution in [0.3, 0.4) is 0 Å². The molecule has 0 spiro atoms. The molecule has 1 aromatic carbocycles. The van der Waals surface area contributed by atoms with Crippen LogP contribution in [0.4, 0.5) is 0 Å². The van der Waals surface area contributed by atoms with Gasteiger partial charge in [-0.25, -0.2) is 0 Å². The van der Waals surface area contributed by atoms with E-state index in [1.54, 1.807) is 31.4 Å². The zero-order chi connectivity index (χ0) is 13.2. The standard InChI is InChI=1S/C13H17NO4/c1-16-6-7-17-9-12(15)10-18-13-5-3-2-4-11(13)8-14/h2-5,12,15H,6-7,9-10H2,1H3. The lowest BCUT2D eigenvalue weighted by molar-refractivity contribution is -0.00423. The van der Waals surface area contributed by atoms with E-state index in [4.69, 9.17) is 19.5 Å². The van der Waals surface area contributed by atoms with Crippen LogP contribution in [0.5, 0.6) is 5.75 Å². The molecule has 0 bridgehead atoms. The molecule has 0 aliphatic carbocycles. The van der Waals surface area contributed by atoms with Crippen LogP contribution < -0.4 is 4.74 Å². The molecule has 0 aliphatic heterocycles. The fraction of sp³-hybridized carbons (Fsp3) is 0.462. The van der Waals surface area contributed by atoms with Crippen LogP contribution >= 0.6 is 0 Å². The largest absolute Gasteiger partial charge is 0.489 e. The van der Waals surface area contributed by atoms with Crippen LogP contribution in [0.1, 0.15) is 5.56 Å². The van der Waals surface area contributed by atoms with Crippen LogP contribution in [0, 0.1) is 11.3 Å². The highest BCUT2D eigenvalue weighted by atomic mass is 16.5. The lowest BCUT2D eigenvalue weighted by Gasteiger charge is -2.13. The maximum Gasteiger partial charge on any atom is 0.137 e. The fourth-order valence-corrected chi connectivity index (χ4v) is 1.28. The van der Waals surface area contributed by atoms with E-state index in [0.29, 0.717) is 24.5 Å². The molecular formula is C13H17NO4. The monoisotopic (exact) mass is 251 g/mol. The lowest BCUT2D eigenvalue weighted by atomic mass is 10.2. The Bertz CT molecular complexity index is 389. The van der Waals surface area contributed by atoms with E-state index in [9.17, 15) is 5.11 Å². The maximum absolute atomic E-state index is 9.60. The number of nitrogens with zero attached hydrogens (tertiary/aromatic N) is 1. The van der Waals surface area contributed by atoms with Crippen molar-refractivity contribution in [1.29, 1.82) is 5.26 Å². The second-order valence-electron chi connectivity index (χ2n) is 3.64. The van der Waals surface area contributed by atoms with Crippen molar-refractivity contribution in [1.82, 2.24) is 0 Å². The van der Waals surface area contributed by atoms with Gasteiger partial charge in [0.05, 0.1) is 25.4 Å². The molecule has 0 aromatic heterocycles. The molecule has 0 saturated heterocycles. The molecule has 0 fully saturated rings. The minimum atomic E-state index is -0.728. The van der Waals surface area contributed by atoms with Crippen molar-refractivity contribution < 1.29 is 19.3 Å². The predicted molar refractivity (Wildman–Crippen MR) is 65.4 cm³/mol. The van der Waals surface area contributed by atoms with Gasteiger partial charge in [-0.3, -0.25) is 0 Å². The van der Waals surface area contributed by atoms with Gasteiger partial charge in [-0.2, -0.15) is 5.26 Å². The first-order valence-corrected chi connectivity index (χ1v) is 5.64. The summed E-state index contributed by atoms with van der Waals surface area (Å²) in [5.74, 6) is 0.468. The SMILES string of the molecule is COCCOCC(O)COc1ccccc1C#N. The number of hydrogen-bond donors (Lipinski definition) is 1. The first-order valence-electron chi connectivity index (χ1n) is 5.64. The molecular weight excluding hydrogens is 234 g/mol. The Labute approximate surface area is 107 Å². The summed E-state index contributed by atoms with van der Waals surface area (Å²) in [5.41, 5.74) is 0.449. The fourth-order valence-electron chi connectivity index (χ4n) is 1.28. The summed E-state index contributed by atoms with van der Waals surface area (Å²) >= 11 is 0. The molecule has 0 aliphatic rings. The van der Waals surface area contributed by atoms with Gasteiger partial charge in [0.1, 0.15) is 24.5 Å². The molecule has 5 nitrogen and oxygen atoms in total. The van der Waals surface area contributed by atoms with Crippen molar-refractivity contribution in [2.24, 2.45) is 0 Å². The Morgan fingerprint density at radius 3 is 2.78 bits per heavy atom. The zero-order valence-corrected chi connectivity index (χ0v) is 10.3. The first-order chi connectivity index (χ1) is 8.77. The van der Waals surface area contributed by atoms with Crippen LogP contribution in [0.25, 0.3) is 0 Å². The molecule has 18 heavy (non-hydrogen) atoms. The van der Waals surface area contributed by atoms with E-state index in [0.717, 1.165) is 0 Å². The Morgan fingerprint density at radius 1 is 1.28 bits per heavy atom. The van der Waals surface area contributed by atoms with Crippen molar-refractivity contribution >= 4 is 0 Å². The highest BCUT2D eigenvalue weighted by Gasteiger charge is 2.07. The van der Waals surface area contributed by atoms with Gasteiger partial charge in [0.2, 0.25) is 0 Å². The van der Waals surface area contributed by atoms with Crippen LogP contribution in [0.15, 0.2) is 24.3 Å². The highest BCUT2D eigenvalue weighted by Crippen LogP contribution is 2.16. The van der Waals surface area contributed by atoms with E-state index >= 15 is 0 Å². The molecule has 1 aromatic rings. The molecule has 98 valence electrons. The summed E-state index contributed by atoms with van der Waals surface area (Å²) in [6.07, 6.45) is -0.728. The molecule has 1 unspecified atom stereocenters. The number of nitriles is 1. The van der Waals surface area contributed by atoms with Crippen molar-refractivity contribution in [2.45, 2.75) is 6.10 Å². The van der Waals surface area contributed by atoms with Gasteiger partial charge in [0.15, 0.2) is 0 Å². The molecule has 0 heterocycles. The number of rotatable bonds is 8. The summed E-state index contributed by atoms with van der Waals surface area (Å²) in [6.45, 7) is 1.19. The number of aliphatic hydroxyl groups is 1. The molecule has 1 atom stereocenters. The second kappa shape index (κ2) is 8.48. The zero-order valence-electron chi connectivity index (χ0n) is 10.3. The summed E-state index contributed by atoms with van der Waals surface area (Å²) in [6, 6.07) is 8.91. The van der Waals surface area contributed by atoms with Gasteiger partial charge in [-0.05, 0) is 12.1 Å². The molecule has 1 N–H and O–H groups in total. The Balaban J connectivity index is 2.29. The van der Waals surface area contributed by atoms with Crippen molar-refractivity contribution in [3.63, 3.8) is 0 Å². The minimum absolute atomic E-state index is 0.0890. The highest BCUT2D eigenvalue weighted by molar-refractivity contribution is 5.42. The second-order valence-corrected chi connectivity index (χ2v) is 3.64. The molecule has 0 saturated carbocycles. The number of aliphatic hydroxyl groups excluding tert-OH is 1. The van der Waals surface area contributed by atoms with Crippen molar-refractivity contribution in [3.05, 3.63) is 29.8 Å². The van der Waals surface area contributed by atoms with Gasteiger partial charge >= 0.3 is 0 Å². The summed E-state index contributed by atoms with van der Waals surface area (Å²) in [7, 11) is 1.59. The number of ether oxygens (including phenoxy) is 3. The average Bonchev–Trinajstić information content (AvgIpc) is 2.41. The van der Waals surface area contributed by atoms with Gasteiger partial charge < -0.3 is 19.3 Å². The van der Waals surface area contributed by atoms with Gasteiger partial charge in [0, 0.05) is 7.11 Å². The molecule has 0 amide bonds. The van der Waals surface area contributed by atoms with E-state index < -0.39 is 6.10 Å². The number of methoxy groups -OCH3 is 1. The quantitative estimate of drug-likeness (QED) is 0.697. The number of hydrogen-bond acceptors (Lipinski definition) is 5. The summed E-state index contributed by atoms with van der Waals surface area (Å²) < 4.78 is 15.3. The lowest BCUT2D eigenvalue weighted by Crippen LogP contribution is -2.24. The third-order valence-electron chi connectivity index (χ3n) is 2.18. The van der Waals surface area contributed by atoms with E-state index in [1.807, 2.05) is 6.07 Å². The first kappa shape index (κ1) is 14.5. The predicted octanol–water partition coefficient (Wildman–Crippen LogP) is 0.961. The van der Waals surface area contributed by atoms with E-state index in [-0.39, 0.29) is 13.2 Å². The number of benzene rings is 1. The van der Waals surface area contributed by atoms with E-state index in [2.05, 4.69) is 0 Å². The normalized spacial score (nSPS) is 11.8. The molecule has 5 heteroatoms. The van der Waals surface area contributed by atoms with Crippen LogP contribution in [-0.4, -0.2) is 44.7 Å². The van der Waals surface area contributed by atoms with Crippen molar-refractivity contribution in [3.8, 4) is 11.8 Å². The minimum Gasteiger partial charge on any atom is -0.489 e. The Hall–Kier alpha value is -1.61. The van der Waals surface area contributed by atoms with Gasteiger partial charge in [-0.1, -0.05) is 12.1 Å². The third-order valence-corrected chi connectivity index (χ3v) is 2.18. The Morgan fingerprint density at radius 2 is 2.06 bits per heavy atom. The average molecular weight is 251 g/mol. The Kier molecular flexibility index (Phi) is 6.81. The molecule has 1 rings (SSSR count). The number of para-hydroxylation sites is 1. The van der Waals surface area contributed by atoms with Crippen LogP contribution in [-0.2, 0) is 9.47 Å². The topological polar surface area (TPSA) is 71.7 Å². The van der Waals surface area contributed by atoms with Gasteiger partial charge in [-0.15, -0.1) is 0 Å². The smallest absolute Gasteiger partial charge is 0.137 e. The molecule has 0 radical (unpaired) electrons.